The van der Waals surface area contributed by atoms with Gasteiger partial charge in [0.1, 0.15) is 0 Å². The average Bonchev–Trinajstić information content (AvgIpc) is 2.84. The van der Waals surface area contributed by atoms with Gasteiger partial charge in [-0.2, -0.15) is 0 Å². The maximum Gasteiger partial charge on any atom is 0.0107 e. The van der Waals surface area contributed by atoms with Crippen molar-refractivity contribution in [3.05, 3.63) is 35.9 Å². The van der Waals surface area contributed by atoms with Crippen molar-refractivity contribution in [2.75, 3.05) is 26.2 Å². The molecule has 116 valence electrons. The first-order chi connectivity index (χ1) is 10.4. The van der Waals surface area contributed by atoms with E-state index in [1.165, 1.54) is 76.7 Å². The minimum atomic E-state index is 0.754. The smallest absolute Gasteiger partial charge is 0.0107 e. The van der Waals surface area contributed by atoms with Crippen LogP contribution in [0.1, 0.15) is 56.4 Å². The summed E-state index contributed by atoms with van der Waals surface area (Å²) in [4.78, 5) is 2.64. The fourth-order valence-electron chi connectivity index (χ4n) is 3.94. The Kier molecular flexibility index (Phi) is 5.70. The Hall–Kier alpha value is -0.860. The molecular weight excluding hydrogens is 256 g/mol. The highest BCUT2D eigenvalue weighted by atomic mass is 15.2. The zero-order valence-corrected chi connectivity index (χ0v) is 13.3. The summed E-state index contributed by atoms with van der Waals surface area (Å²) < 4.78 is 0. The van der Waals surface area contributed by atoms with Crippen LogP contribution in [0, 0.1) is 0 Å². The van der Waals surface area contributed by atoms with E-state index in [1.54, 1.807) is 0 Å². The summed E-state index contributed by atoms with van der Waals surface area (Å²) in [6.45, 7) is 4.91. The molecule has 1 aliphatic carbocycles. The van der Waals surface area contributed by atoms with Gasteiger partial charge in [-0.05, 0) is 37.3 Å². The molecule has 1 N–H and O–H groups in total. The highest BCUT2D eigenvalue weighted by Gasteiger charge is 2.23. The molecule has 1 aliphatic heterocycles. The zero-order chi connectivity index (χ0) is 14.3. The summed E-state index contributed by atoms with van der Waals surface area (Å²) in [5.74, 6) is 0.754. The molecule has 0 radical (unpaired) electrons. The molecule has 0 spiro atoms. The molecule has 1 aromatic rings. The number of hydrogen-bond donors (Lipinski definition) is 1. The highest BCUT2D eigenvalue weighted by Crippen LogP contribution is 2.26. The molecule has 0 bridgehead atoms. The molecule has 2 aliphatic rings. The van der Waals surface area contributed by atoms with Crippen LogP contribution in [0.15, 0.2) is 30.3 Å². The van der Waals surface area contributed by atoms with Gasteiger partial charge < -0.3 is 10.2 Å². The molecule has 2 heteroatoms. The number of benzene rings is 1. The first-order valence-electron chi connectivity index (χ1n) is 8.92. The van der Waals surface area contributed by atoms with Gasteiger partial charge in [0.2, 0.25) is 0 Å². The van der Waals surface area contributed by atoms with Crippen LogP contribution in [-0.4, -0.2) is 37.1 Å². The highest BCUT2D eigenvalue weighted by molar-refractivity contribution is 5.20. The third-order valence-electron chi connectivity index (χ3n) is 5.26. The van der Waals surface area contributed by atoms with Gasteiger partial charge in [-0.3, -0.25) is 0 Å². The lowest BCUT2D eigenvalue weighted by molar-refractivity contribution is 0.318. The van der Waals surface area contributed by atoms with Gasteiger partial charge in [0.15, 0.2) is 0 Å². The number of hydrogen-bond acceptors (Lipinski definition) is 2. The van der Waals surface area contributed by atoms with Crippen LogP contribution >= 0.6 is 0 Å². The minimum absolute atomic E-state index is 0.754. The van der Waals surface area contributed by atoms with Gasteiger partial charge in [-0.25, -0.2) is 0 Å². The van der Waals surface area contributed by atoms with Gasteiger partial charge in [0, 0.05) is 25.7 Å². The second-order valence-electron chi connectivity index (χ2n) is 6.84. The van der Waals surface area contributed by atoms with Crippen LogP contribution in [0.5, 0.6) is 0 Å². The van der Waals surface area contributed by atoms with Crippen LogP contribution in [0.3, 0.4) is 0 Å². The number of likely N-dealkylation sites (tertiary alicyclic amines) is 1. The average molecular weight is 286 g/mol. The molecule has 1 aromatic carbocycles. The molecule has 2 nitrogen and oxygen atoms in total. The largest absolute Gasteiger partial charge is 0.313 e. The lowest BCUT2D eigenvalue weighted by Crippen LogP contribution is -2.36. The third kappa shape index (κ3) is 4.55. The Bertz CT molecular complexity index is 395. The molecule has 0 aromatic heterocycles. The van der Waals surface area contributed by atoms with E-state index in [1.807, 2.05) is 0 Å². The summed E-state index contributed by atoms with van der Waals surface area (Å²) in [5.41, 5.74) is 1.52. The quantitative estimate of drug-likeness (QED) is 0.829. The summed E-state index contributed by atoms with van der Waals surface area (Å²) in [7, 11) is 0. The maximum absolute atomic E-state index is 3.80. The summed E-state index contributed by atoms with van der Waals surface area (Å²) in [5, 5.41) is 3.80. The van der Waals surface area contributed by atoms with E-state index < -0.39 is 0 Å². The predicted molar refractivity (Wildman–Crippen MR) is 89.7 cm³/mol. The Morgan fingerprint density at radius 2 is 1.71 bits per heavy atom. The number of nitrogens with one attached hydrogen (secondary N) is 1. The Labute approximate surface area is 129 Å². The van der Waals surface area contributed by atoms with E-state index in [-0.39, 0.29) is 0 Å². The van der Waals surface area contributed by atoms with Crippen molar-refractivity contribution in [1.29, 1.82) is 0 Å². The van der Waals surface area contributed by atoms with Crippen molar-refractivity contribution >= 4 is 0 Å². The summed E-state index contributed by atoms with van der Waals surface area (Å²) in [6.07, 6.45) is 9.87. The standard InChI is InChI=1S/C19H30N2/c1-2-7-11-19(10-6-1)20-13-15-21-14-12-18(16-21)17-8-4-3-5-9-17/h3-5,8-9,18-20H,1-2,6-7,10-16H2. The predicted octanol–water partition coefficient (Wildman–Crippen LogP) is 3.79. The second-order valence-corrected chi connectivity index (χ2v) is 6.84. The van der Waals surface area contributed by atoms with E-state index in [9.17, 15) is 0 Å². The zero-order valence-electron chi connectivity index (χ0n) is 13.3. The molecule has 1 atom stereocenters. The van der Waals surface area contributed by atoms with Crippen molar-refractivity contribution < 1.29 is 0 Å². The molecule has 1 saturated heterocycles. The van der Waals surface area contributed by atoms with Crippen LogP contribution in [0.2, 0.25) is 0 Å². The van der Waals surface area contributed by atoms with Crippen LogP contribution < -0.4 is 5.32 Å². The topological polar surface area (TPSA) is 15.3 Å². The fraction of sp³-hybridized carbons (Fsp3) is 0.684. The molecule has 3 rings (SSSR count). The second kappa shape index (κ2) is 7.95. The molecule has 1 unspecified atom stereocenters. The van der Waals surface area contributed by atoms with Crippen molar-refractivity contribution in [2.45, 2.75) is 56.9 Å². The maximum atomic E-state index is 3.80. The van der Waals surface area contributed by atoms with Gasteiger partial charge in [0.25, 0.3) is 0 Å². The third-order valence-corrected chi connectivity index (χ3v) is 5.26. The van der Waals surface area contributed by atoms with Gasteiger partial charge >= 0.3 is 0 Å². The molecule has 0 amide bonds. The van der Waals surface area contributed by atoms with Crippen LogP contribution in [-0.2, 0) is 0 Å². The minimum Gasteiger partial charge on any atom is -0.313 e. The number of rotatable bonds is 5. The molecule has 1 heterocycles. The molecule has 2 fully saturated rings. The molecular formula is C19H30N2. The van der Waals surface area contributed by atoms with E-state index in [0.717, 1.165) is 12.0 Å². The van der Waals surface area contributed by atoms with E-state index in [0.29, 0.717) is 0 Å². The van der Waals surface area contributed by atoms with Crippen molar-refractivity contribution in [1.82, 2.24) is 10.2 Å². The lowest BCUT2D eigenvalue weighted by Gasteiger charge is -2.20. The van der Waals surface area contributed by atoms with E-state index in [2.05, 4.69) is 40.5 Å². The fourth-order valence-corrected chi connectivity index (χ4v) is 3.94. The first-order valence-corrected chi connectivity index (χ1v) is 8.92. The molecule has 1 saturated carbocycles. The van der Waals surface area contributed by atoms with Crippen molar-refractivity contribution in [3.8, 4) is 0 Å². The van der Waals surface area contributed by atoms with Gasteiger partial charge in [-0.15, -0.1) is 0 Å². The van der Waals surface area contributed by atoms with E-state index >= 15 is 0 Å². The van der Waals surface area contributed by atoms with Crippen molar-refractivity contribution in [3.63, 3.8) is 0 Å². The van der Waals surface area contributed by atoms with Gasteiger partial charge in [0.05, 0.1) is 0 Å². The Morgan fingerprint density at radius 3 is 2.48 bits per heavy atom. The normalized spacial score (nSPS) is 25.0. The van der Waals surface area contributed by atoms with E-state index in [4.69, 9.17) is 0 Å². The lowest BCUT2D eigenvalue weighted by atomic mass is 9.99. The summed E-state index contributed by atoms with van der Waals surface area (Å²) >= 11 is 0. The van der Waals surface area contributed by atoms with Crippen molar-refractivity contribution in [2.24, 2.45) is 0 Å². The monoisotopic (exact) mass is 286 g/mol. The number of nitrogens with zero attached hydrogens (tertiary/aromatic N) is 1. The Balaban J connectivity index is 1.37. The molecule has 21 heavy (non-hydrogen) atoms. The summed E-state index contributed by atoms with van der Waals surface area (Å²) in [6, 6.07) is 11.8. The first kappa shape index (κ1) is 15.1. The van der Waals surface area contributed by atoms with Crippen LogP contribution in [0.4, 0.5) is 0 Å². The Morgan fingerprint density at radius 1 is 0.952 bits per heavy atom. The SMILES string of the molecule is c1ccc(C2CCN(CCNC3CCCCCC3)C2)cc1. The van der Waals surface area contributed by atoms with Crippen LogP contribution in [0.25, 0.3) is 0 Å². The van der Waals surface area contributed by atoms with Gasteiger partial charge in [-0.1, -0.05) is 56.0 Å².